The molecule has 0 spiro atoms. The Morgan fingerprint density at radius 2 is 2.25 bits per heavy atom. The molecule has 0 aliphatic carbocycles. The number of hydrogen-bond donors (Lipinski definition) is 2. The fourth-order valence-electron chi connectivity index (χ4n) is 3.20. The molecule has 24 heavy (non-hydrogen) atoms. The summed E-state index contributed by atoms with van der Waals surface area (Å²) in [6.45, 7) is 4.75. The van der Waals surface area contributed by atoms with Crippen LogP contribution in [-0.2, 0) is 4.74 Å². The lowest BCUT2D eigenvalue weighted by Crippen LogP contribution is -2.38. The van der Waals surface area contributed by atoms with Crippen LogP contribution in [0.3, 0.4) is 0 Å². The second-order valence-electron chi connectivity index (χ2n) is 6.38. The van der Waals surface area contributed by atoms with E-state index in [1.807, 2.05) is 6.07 Å². The molecule has 8 heteroatoms. The number of halogens is 1. The van der Waals surface area contributed by atoms with E-state index in [1.165, 1.54) is 19.3 Å². The number of piperidine rings is 1. The summed E-state index contributed by atoms with van der Waals surface area (Å²) in [5, 5.41) is 7.10. The highest BCUT2D eigenvalue weighted by Gasteiger charge is 2.21. The molecule has 0 radical (unpaired) electrons. The Hall–Kier alpha value is -1.18. The van der Waals surface area contributed by atoms with Crippen LogP contribution in [0.4, 0.5) is 11.8 Å². The number of nitrogens with zero attached hydrogens (tertiary/aromatic N) is 3. The van der Waals surface area contributed by atoms with Crippen molar-refractivity contribution in [2.24, 2.45) is 0 Å². The number of rotatable bonds is 4. The first-order valence-corrected chi connectivity index (χ1v) is 9.38. The van der Waals surface area contributed by atoms with Gasteiger partial charge in [0.15, 0.2) is 5.11 Å². The van der Waals surface area contributed by atoms with Crippen molar-refractivity contribution >= 4 is 40.7 Å². The van der Waals surface area contributed by atoms with Gasteiger partial charge in [-0.3, -0.25) is 0 Å². The van der Waals surface area contributed by atoms with E-state index >= 15 is 0 Å². The van der Waals surface area contributed by atoms with E-state index < -0.39 is 0 Å². The molecule has 0 aromatic carbocycles. The van der Waals surface area contributed by atoms with Crippen molar-refractivity contribution in [1.29, 1.82) is 0 Å². The summed E-state index contributed by atoms with van der Waals surface area (Å²) in [5.41, 5.74) is 0. The highest BCUT2D eigenvalue weighted by Crippen LogP contribution is 2.25. The Morgan fingerprint density at radius 1 is 1.38 bits per heavy atom. The van der Waals surface area contributed by atoms with Crippen molar-refractivity contribution in [2.75, 3.05) is 29.9 Å². The van der Waals surface area contributed by atoms with E-state index in [1.54, 1.807) is 0 Å². The summed E-state index contributed by atoms with van der Waals surface area (Å²) in [6, 6.07) is 2.28. The largest absolute Gasteiger partial charge is 0.376 e. The van der Waals surface area contributed by atoms with E-state index in [4.69, 9.17) is 28.6 Å². The van der Waals surface area contributed by atoms with E-state index in [0.717, 1.165) is 31.8 Å². The van der Waals surface area contributed by atoms with Gasteiger partial charge in [0.2, 0.25) is 5.95 Å². The van der Waals surface area contributed by atoms with Crippen LogP contribution >= 0.6 is 23.8 Å². The number of nitrogens with one attached hydrogen (secondary N) is 2. The number of aromatic nitrogens is 2. The van der Waals surface area contributed by atoms with Gasteiger partial charge >= 0.3 is 0 Å². The zero-order valence-corrected chi connectivity index (χ0v) is 15.5. The summed E-state index contributed by atoms with van der Waals surface area (Å²) in [7, 11) is 0. The molecule has 132 valence electrons. The third-order valence-corrected chi connectivity index (χ3v) is 4.96. The highest BCUT2D eigenvalue weighted by atomic mass is 35.5. The monoisotopic (exact) mass is 369 g/mol. The third kappa shape index (κ3) is 4.68. The molecular formula is C16H24ClN5OS. The summed E-state index contributed by atoms with van der Waals surface area (Å²) in [6.07, 6.45) is 6.03. The molecule has 3 heterocycles. The first-order chi connectivity index (χ1) is 11.6. The van der Waals surface area contributed by atoms with Gasteiger partial charge in [-0.15, -0.1) is 0 Å². The number of hydrogen-bond acceptors (Lipinski definition) is 5. The molecule has 6 nitrogen and oxygen atoms in total. The Bertz CT molecular complexity index is 582. The average molecular weight is 370 g/mol. The second kappa shape index (κ2) is 8.27. The van der Waals surface area contributed by atoms with Crippen LogP contribution in [0.1, 0.15) is 39.0 Å². The lowest BCUT2D eigenvalue weighted by Gasteiger charge is -2.34. The van der Waals surface area contributed by atoms with Crippen LogP contribution in [0, 0.1) is 0 Å². The molecule has 0 bridgehead atoms. The Kier molecular flexibility index (Phi) is 6.08. The topological polar surface area (TPSA) is 62.3 Å². The van der Waals surface area contributed by atoms with Gasteiger partial charge in [0.25, 0.3) is 0 Å². The normalized spacial score (nSPS) is 24.0. The van der Waals surface area contributed by atoms with Crippen LogP contribution < -0.4 is 15.5 Å². The molecule has 1 aromatic heterocycles. The lowest BCUT2D eigenvalue weighted by atomic mass is 10.0. The highest BCUT2D eigenvalue weighted by molar-refractivity contribution is 7.80. The average Bonchev–Trinajstić information content (AvgIpc) is 3.06. The van der Waals surface area contributed by atoms with E-state index in [9.17, 15) is 0 Å². The van der Waals surface area contributed by atoms with E-state index in [2.05, 4.69) is 32.4 Å². The maximum absolute atomic E-state index is 6.18. The molecule has 2 aliphatic rings. The minimum atomic E-state index is 0.231. The van der Waals surface area contributed by atoms with Gasteiger partial charge in [0.1, 0.15) is 11.0 Å². The van der Waals surface area contributed by atoms with Crippen LogP contribution in [0.15, 0.2) is 6.07 Å². The molecule has 2 N–H and O–H groups in total. The fraction of sp³-hybridized carbons (Fsp3) is 0.688. The Balaban J connectivity index is 1.61. The predicted octanol–water partition coefficient (Wildman–Crippen LogP) is 2.97. The summed E-state index contributed by atoms with van der Waals surface area (Å²) >= 11 is 11.5. The van der Waals surface area contributed by atoms with Gasteiger partial charge in [-0.25, -0.2) is 4.98 Å². The van der Waals surface area contributed by atoms with Crippen molar-refractivity contribution in [3.8, 4) is 0 Å². The zero-order chi connectivity index (χ0) is 16.9. The molecular weight excluding hydrogens is 346 g/mol. The second-order valence-corrected chi connectivity index (χ2v) is 7.18. The van der Waals surface area contributed by atoms with Crippen molar-refractivity contribution in [3.05, 3.63) is 11.2 Å². The van der Waals surface area contributed by atoms with Crippen LogP contribution in [0.5, 0.6) is 0 Å². The van der Waals surface area contributed by atoms with Crippen LogP contribution in [0.2, 0.25) is 5.15 Å². The van der Waals surface area contributed by atoms with Gasteiger partial charge in [0, 0.05) is 31.8 Å². The van der Waals surface area contributed by atoms with Crippen LogP contribution in [-0.4, -0.2) is 46.9 Å². The first kappa shape index (κ1) is 17.6. The van der Waals surface area contributed by atoms with Gasteiger partial charge in [-0.05, 0) is 51.2 Å². The molecule has 2 saturated heterocycles. The summed E-state index contributed by atoms with van der Waals surface area (Å²) in [4.78, 5) is 11.1. The minimum Gasteiger partial charge on any atom is -0.376 e. The quantitative estimate of drug-likeness (QED) is 0.624. The summed E-state index contributed by atoms with van der Waals surface area (Å²) in [5.74, 6) is 1.28. The lowest BCUT2D eigenvalue weighted by molar-refractivity contribution is 0.114. The molecule has 0 amide bonds. The molecule has 2 aliphatic heterocycles. The van der Waals surface area contributed by atoms with Crippen LogP contribution in [0.25, 0.3) is 0 Å². The van der Waals surface area contributed by atoms with Crippen molar-refractivity contribution in [2.45, 2.75) is 51.2 Å². The maximum Gasteiger partial charge on any atom is 0.232 e. The standard InChI is InChI=1S/C16H24ClN5OS/c1-11-5-2-3-7-22(11)14-9-13(17)19-15(20-14)21-16(24)18-10-12-6-4-8-23-12/h9,11-12H,2-8,10H2,1H3,(H2,18,19,20,21,24)/t11-,12-/m1/s1. The minimum absolute atomic E-state index is 0.231. The third-order valence-electron chi connectivity index (χ3n) is 4.52. The van der Waals surface area contributed by atoms with Gasteiger partial charge < -0.3 is 20.3 Å². The zero-order valence-electron chi connectivity index (χ0n) is 13.9. The van der Waals surface area contributed by atoms with E-state index in [0.29, 0.717) is 28.8 Å². The number of ether oxygens (including phenoxy) is 1. The van der Waals surface area contributed by atoms with Gasteiger partial charge in [-0.1, -0.05) is 11.6 Å². The van der Waals surface area contributed by atoms with Crippen molar-refractivity contribution < 1.29 is 4.74 Å². The fourth-order valence-corrected chi connectivity index (χ4v) is 3.56. The number of anilines is 2. The molecule has 2 fully saturated rings. The smallest absolute Gasteiger partial charge is 0.232 e. The maximum atomic E-state index is 6.18. The molecule has 3 rings (SSSR count). The van der Waals surface area contributed by atoms with E-state index in [-0.39, 0.29) is 6.10 Å². The predicted molar refractivity (Wildman–Crippen MR) is 101 cm³/mol. The SMILES string of the molecule is C[C@@H]1CCCCN1c1cc(Cl)nc(NC(=S)NC[C@H]2CCCO2)n1. The summed E-state index contributed by atoms with van der Waals surface area (Å²) < 4.78 is 5.57. The van der Waals surface area contributed by atoms with Crippen molar-refractivity contribution in [1.82, 2.24) is 15.3 Å². The Labute approximate surface area is 153 Å². The molecule has 0 unspecified atom stereocenters. The van der Waals surface area contributed by atoms with Gasteiger partial charge in [0.05, 0.1) is 6.10 Å². The number of thiocarbonyl (C=S) groups is 1. The Morgan fingerprint density at radius 3 is 3.00 bits per heavy atom. The van der Waals surface area contributed by atoms with Gasteiger partial charge in [-0.2, -0.15) is 4.98 Å². The molecule has 1 aromatic rings. The molecule has 2 atom stereocenters. The first-order valence-electron chi connectivity index (χ1n) is 8.59. The molecule has 0 saturated carbocycles. The van der Waals surface area contributed by atoms with Crippen molar-refractivity contribution in [3.63, 3.8) is 0 Å².